The second-order valence-corrected chi connectivity index (χ2v) is 5.53. The molecule has 0 saturated carbocycles. The molecule has 1 aliphatic heterocycles. The van der Waals surface area contributed by atoms with Crippen molar-refractivity contribution in [2.75, 3.05) is 26.3 Å². The Morgan fingerprint density at radius 1 is 1.22 bits per heavy atom. The van der Waals surface area contributed by atoms with E-state index in [1.54, 1.807) is 12.1 Å². The number of alkyl halides is 3. The third-order valence-corrected chi connectivity index (χ3v) is 3.73. The lowest BCUT2D eigenvalue weighted by Gasteiger charge is -2.22. The Hall–Kier alpha value is -1.96. The van der Waals surface area contributed by atoms with Crippen molar-refractivity contribution in [2.24, 2.45) is 5.92 Å². The van der Waals surface area contributed by atoms with Gasteiger partial charge in [0.1, 0.15) is 11.1 Å². The number of ether oxygens (including phenoxy) is 2. The lowest BCUT2D eigenvalue weighted by atomic mass is 9.99. The molecule has 1 fully saturated rings. The van der Waals surface area contributed by atoms with Crippen LogP contribution in [0.1, 0.15) is 12.8 Å². The molecule has 1 N–H and O–H groups in total. The molecule has 0 atom stereocenters. The van der Waals surface area contributed by atoms with Gasteiger partial charge in [-0.15, -0.1) is 0 Å². The third kappa shape index (κ3) is 4.07. The summed E-state index contributed by atoms with van der Waals surface area (Å²) in [4.78, 5) is 0. The summed E-state index contributed by atoms with van der Waals surface area (Å²) in [6, 6.07) is 4.61. The predicted molar refractivity (Wildman–Crippen MR) is 76.6 cm³/mol. The van der Waals surface area contributed by atoms with Crippen molar-refractivity contribution in [1.82, 2.24) is 10.5 Å². The maximum atomic E-state index is 12.4. The summed E-state index contributed by atoms with van der Waals surface area (Å²) in [5, 5.41) is 7.41. The molecular weight excluding hydrogens is 313 g/mol. The van der Waals surface area contributed by atoms with Gasteiger partial charge in [0, 0.05) is 0 Å². The van der Waals surface area contributed by atoms with Crippen molar-refractivity contribution in [1.29, 1.82) is 0 Å². The molecular formula is C15H17F3N2O3. The number of benzene rings is 1. The van der Waals surface area contributed by atoms with Crippen molar-refractivity contribution in [3.05, 3.63) is 18.2 Å². The van der Waals surface area contributed by atoms with E-state index in [-0.39, 0.29) is 11.6 Å². The lowest BCUT2D eigenvalue weighted by Crippen LogP contribution is -2.30. The average Bonchev–Trinajstić information content (AvgIpc) is 2.95. The SMILES string of the molecule is FC(F)(F)COc1cccc2onc(OCC3CCNCC3)c12. The maximum absolute atomic E-state index is 12.4. The van der Waals surface area contributed by atoms with Gasteiger partial charge in [0.05, 0.1) is 6.61 Å². The number of halogens is 3. The van der Waals surface area contributed by atoms with E-state index >= 15 is 0 Å². The van der Waals surface area contributed by atoms with Crippen LogP contribution in [0.25, 0.3) is 11.0 Å². The minimum absolute atomic E-state index is 0.0568. The summed E-state index contributed by atoms with van der Waals surface area (Å²) in [5.41, 5.74) is 0.338. The Morgan fingerprint density at radius 2 is 2.00 bits per heavy atom. The summed E-state index contributed by atoms with van der Waals surface area (Å²) in [7, 11) is 0. The van der Waals surface area contributed by atoms with Gasteiger partial charge in [0.15, 0.2) is 12.2 Å². The predicted octanol–water partition coefficient (Wildman–Crippen LogP) is 3.15. The summed E-state index contributed by atoms with van der Waals surface area (Å²) < 4.78 is 52.7. The highest BCUT2D eigenvalue weighted by Crippen LogP contribution is 2.35. The van der Waals surface area contributed by atoms with Gasteiger partial charge in [-0.3, -0.25) is 0 Å². The van der Waals surface area contributed by atoms with Crippen molar-refractivity contribution in [2.45, 2.75) is 19.0 Å². The Labute approximate surface area is 130 Å². The highest BCUT2D eigenvalue weighted by Gasteiger charge is 2.29. The van der Waals surface area contributed by atoms with E-state index in [2.05, 4.69) is 10.5 Å². The van der Waals surface area contributed by atoms with E-state index < -0.39 is 12.8 Å². The van der Waals surface area contributed by atoms with Crippen LogP contribution in [0.15, 0.2) is 22.7 Å². The maximum Gasteiger partial charge on any atom is 0.422 e. The van der Waals surface area contributed by atoms with Gasteiger partial charge in [0.2, 0.25) is 0 Å². The minimum atomic E-state index is -4.41. The summed E-state index contributed by atoms with van der Waals surface area (Å²) in [6.07, 6.45) is -2.42. The molecule has 5 nitrogen and oxygen atoms in total. The number of rotatable bonds is 5. The van der Waals surface area contributed by atoms with Gasteiger partial charge < -0.3 is 19.3 Å². The zero-order valence-corrected chi connectivity index (χ0v) is 12.4. The molecule has 1 saturated heterocycles. The van der Waals surface area contributed by atoms with Gasteiger partial charge >= 0.3 is 6.18 Å². The first-order valence-electron chi connectivity index (χ1n) is 7.44. The number of nitrogens with zero attached hydrogens (tertiary/aromatic N) is 1. The molecule has 8 heteroatoms. The molecule has 3 rings (SSSR count). The highest BCUT2D eigenvalue weighted by molar-refractivity contribution is 5.88. The fraction of sp³-hybridized carbons (Fsp3) is 0.533. The molecule has 126 valence electrons. The normalized spacial score (nSPS) is 16.7. The van der Waals surface area contributed by atoms with Crippen LogP contribution in [0.4, 0.5) is 13.2 Å². The first-order valence-corrected chi connectivity index (χ1v) is 7.44. The summed E-state index contributed by atoms with van der Waals surface area (Å²) in [5.74, 6) is 0.629. The molecule has 0 bridgehead atoms. The summed E-state index contributed by atoms with van der Waals surface area (Å²) >= 11 is 0. The largest absolute Gasteiger partial charge is 0.483 e. The minimum Gasteiger partial charge on any atom is -0.483 e. The number of hydrogen-bond donors (Lipinski definition) is 1. The number of aromatic nitrogens is 1. The van der Waals surface area contributed by atoms with Gasteiger partial charge in [0.25, 0.3) is 5.88 Å². The Bertz CT molecular complexity index is 651. The van der Waals surface area contributed by atoms with E-state index in [4.69, 9.17) is 14.0 Å². The molecule has 2 heterocycles. The fourth-order valence-corrected chi connectivity index (χ4v) is 2.56. The standard InChI is InChI=1S/C15H17F3N2O3/c16-15(17,18)9-22-11-2-1-3-12-13(11)14(20-23-12)21-8-10-4-6-19-7-5-10/h1-3,10,19H,4-9H2. The highest BCUT2D eigenvalue weighted by atomic mass is 19.4. The van der Waals surface area contributed by atoms with Gasteiger partial charge in [-0.1, -0.05) is 6.07 Å². The number of fused-ring (bicyclic) bond motifs is 1. The van der Waals surface area contributed by atoms with E-state index in [1.807, 2.05) is 0 Å². The molecule has 23 heavy (non-hydrogen) atoms. The van der Waals surface area contributed by atoms with Crippen LogP contribution in [0.3, 0.4) is 0 Å². The van der Waals surface area contributed by atoms with Crippen LogP contribution in [0.2, 0.25) is 0 Å². The van der Waals surface area contributed by atoms with Crippen molar-refractivity contribution in [3.8, 4) is 11.6 Å². The van der Waals surface area contributed by atoms with Gasteiger partial charge in [-0.25, -0.2) is 0 Å². The molecule has 0 spiro atoms. The Kier molecular flexibility index (Phi) is 4.61. The smallest absolute Gasteiger partial charge is 0.422 e. The Balaban J connectivity index is 1.74. The van der Waals surface area contributed by atoms with Crippen LogP contribution in [-0.2, 0) is 0 Å². The monoisotopic (exact) mass is 330 g/mol. The molecule has 0 radical (unpaired) electrons. The van der Waals surface area contributed by atoms with Crippen molar-refractivity contribution < 1.29 is 27.2 Å². The molecule has 1 aliphatic rings. The third-order valence-electron chi connectivity index (χ3n) is 3.73. The Morgan fingerprint density at radius 3 is 2.74 bits per heavy atom. The molecule has 0 unspecified atom stereocenters. The van der Waals surface area contributed by atoms with Gasteiger partial charge in [-0.2, -0.15) is 13.2 Å². The second-order valence-electron chi connectivity index (χ2n) is 5.53. The number of hydrogen-bond acceptors (Lipinski definition) is 5. The van der Waals surface area contributed by atoms with Crippen LogP contribution in [0, 0.1) is 5.92 Å². The second kappa shape index (κ2) is 6.66. The van der Waals surface area contributed by atoms with E-state index in [0.717, 1.165) is 25.9 Å². The first kappa shape index (κ1) is 15.9. The zero-order chi connectivity index (χ0) is 16.3. The topological polar surface area (TPSA) is 56.5 Å². The van der Waals surface area contributed by atoms with E-state index in [9.17, 15) is 13.2 Å². The first-order chi connectivity index (χ1) is 11.0. The molecule has 2 aromatic rings. The average molecular weight is 330 g/mol. The van der Waals surface area contributed by atoms with Gasteiger partial charge in [-0.05, 0) is 49.1 Å². The van der Waals surface area contributed by atoms with E-state index in [1.165, 1.54) is 6.07 Å². The quantitative estimate of drug-likeness (QED) is 0.913. The fourth-order valence-electron chi connectivity index (χ4n) is 2.56. The van der Waals surface area contributed by atoms with Crippen molar-refractivity contribution >= 4 is 11.0 Å². The number of nitrogens with one attached hydrogen (secondary N) is 1. The van der Waals surface area contributed by atoms with Crippen LogP contribution in [-0.4, -0.2) is 37.6 Å². The van der Waals surface area contributed by atoms with Crippen LogP contribution in [0.5, 0.6) is 11.6 Å². The van der Waals surface area contributed by atoms with Crippen LogP contribution >= 0.6 is 0 Å². The number of piperidine rings is 1. The molecule has 0 amide bonds. The van der Waals surface area contributed by atoms with E-state index in [0.29, 0.717) is 23.5 Å². The lowest BCUT2D eigenvalue weighted by molar-refractivity contribution is -0.153. The van der Waals surface area contributed by atoms with Crippen LogP contribution < -0.4 is 14.8 Å². The van der Waals surface area contributed by atoms with Crippen molar-refractivity contribution in [3.63, 3.8) is 0 Å². The molecule has 1 aromatic heterocycles. The summed E-state index contributed by atoms with van der Waals surface area (Å²) in [6.45, 7) is 0.961. The molecule has 1 aromatic carbocycles. The zero-order valence-electron chi connectivity index (χ0n) is 12.4. The molecule has 0 aliphatic carbocycles.